The molecule has 3 nitrogen and oxygen atoms in total. The van der Waals surface area contributed by atoms with E-state index in [2.05, 4.69) is 114 Å². The van der Waals surface area contributed by atoms with Gasteiger partial charge in [0.15, 0.2) is 0 Å². The van der Waals surface area contributed by atoms with Crippen LogP contribution in [-0.4, -0.2) is 16.9 Å². The molecule has 4 heteroatoms. The molecular formula is C59H94N2OS. The largest absolute Gasteiger partial charge is 0.497 e. The molecule has 0 fully saturated rings. The van der Waals surface area contributed by atoms with Crippen molar-refractivity contribution in [2.75, 3.05) is 7.11 Å². The number of rotatable bonds is 28. The molecule has 2 heterocycles. The molecular weight excluding hydrogens is 785 g/mol. The molecule has 3 aromatic carbocycles. The van der Waals surface area contributed by atoms with E-state index in [0.717, 1.165) is 41.6 Å². The molecule has 5 aromatic rings. The average molecular weight is 879 g/mol. The van der Waals surface area contributed by atoms with Crippen molar-refractivity contribution in [1.82, 2.24) is 9.78 Å². The Morgan fingerprint density at radius 2 is 1.06 bits per heavy atom. The molecule has 0 spiro atoms. The van der Waals surface area contributed by atoms with E-state index in [0.29, 0.717) is 0 Å². The van der Waals surface area contributed by atoms with E-state index in [9.17, 15) is 0 Å². The second kappa shape index (κ2) is 36.7. The summed E-state index contributed by atoms with van der Waals surface area (Å²) < 4.78 is 7.30. The van der Waals surface area contributed by atoms with Gasteiger partial charge in [0.25, 0.3) is 0 Å². The van der Waals surface area contributed by atoms with Gasteiger partial charge in [-0.05, 0) is 106 Å². The van der Waals surface area contributed by atoms with E-state index in [1.54, 1.807) is 16.9 Å². The lowest BCUT2D eigenvalue weighted by Gasteiger charge is -2.09. The number of unbranched alkanes of at least 4 members (excludes halogenated alkanes) is 15. The van der Waals surface area contributed by atoms with Crippen LogP contribution in [0.1, 0.15) is 204 Å². The van der Waals surface area contributed by atoms with E-state index >= 15 is 0 Å². The first-order valence-electron chi connectivity index (χ1n) is 24.8. The van der Waals surface area contributed by atoms with Crippen molar-refractivity contribution < 1.29 is 4.74 Å². The van der Waals surface area contributed by atoms with Gasteiger partial charge in [-0.3, -0.25) is 0 Å². The summed E-state index contributed by atoms with van der Waals surface area (Å²) in [7, 11) is 1.68. The number of hydrogen-bond acceptors (Lipinski definition) is 3. The van der Waals surface area contributed by atoms with Crippen LogP contribution < -0.4 is 4.74 Å². The molecule has 0 aliphatic heterocycles. The second-order valence-electron chi connectivity index (χ2n) is 17.7. The van der Waals surface area contributed by atoms with Crippen molar-refractivity contribution in [3.05, 3.63) is 124 Å². The van der Waals surface area contributed by atoms with E-state index in [1.807, 2.05) is 40.3 Å². The molecule has 0 aliphatic rings. The zero-order chi connectivity index (χ0) is 43.8. The maximum Gasteiger partial charge on any atom is 0.119 e. The summed E-state index contributed by atoms with van der Waals surface area (Å²) in [5, 5.41) is 4.85. The zero-order valence-electron chi connectivity index (χ0n) is 40.0. The maximum absolute atomic E-state index is 5.26. The first-order chi connectivity index (χ1) is 29.9. The highest BCUT2D eigenvalue weighted by Gasteiger charge is 2.12. The topological polar surface area (TPSA) is 27.1 Å². The minimum absolute atomic E-state index is 0. The van der Waals surface area contributed by atoms with Crippen molar-refractivity contribution in [3.63, 3.8) is 0 Å². The molecule has 0 amide bonds. The van der Waals surface area contributed by atoms with Crippen molar-refractivity contribution in [1.29, 1.82) is 0 Å². The van der Waals surface area contributed by atoms with E-state index in [-0.39, 0.29) is 14.9 Å². The van der Waals surface area contributed by atoms with Gasteiger partial charge >= 0.3 is 0 Å². The van der Waals surface area contributed by atoms with Crippen LogP contribution in [0.4, 0.5) is 0 Å². The molecule has 0 unspecified atom stereocenters. The number of ether oxygens (including phenoxy) is 1. The summed E-state index contributed by atoms with van der Waals surface area (Å²) in [4.78, 5) is 3.13. The molecule has 0 atom stereocenters. The number of methoxy groups -OCH3 is 1. The van der Waals surface area contributed by atoms with Crippen LogP contribution in [0.5, 0.6) is 5.75 Å². The smallest absolute Gasteiger partial charge is 0.119 e. The SMILES string of the molecule is C.C.CCCCCCCCCCCCCCCC(C)C.CCCCCc1ccc(CCCc2ccccc2)s1.CCCCc1cc(-c2ccc(C)cc2)n(-c2ccc(OC)cc2)n1. The van der Waals surface area contributed by atoms with Gasteiger partial charge < -0.3 is 4.74 Å². The van der Waals surface area contributed by atoms with Gasteiger partial charge in [-0.2, -0.15) is 5.10 Å². The summed E-state index contributed by atoms with van der Waals surface area (Å²) in [6.07, 6.45) is 32.8. The Kier molecular flexibility index (Phi) is 33.4. The predicted octanol–water partition coefficient (Wildman–Crippen LogP) is 19.3. The van der Waals surface area contributed by atoms with Crippen LogP contribution in [0.15, 0.2) is 97.1 Å². The van der Waals surface area contributed by atoms with Crippen LogP contribution >= 0.6 is 11.3 Å². The fraction of sp³-hybridized carbons (Fsp3) is 0.576. The van der Waals surface area contributed by atoms with Crippen molar-refractivity contribution in [2.45, 2.75) is 210 Å². The normalized spacial score (nSPS) is 10.6. The number of benzene rings is 3. The van der Waals surface area contributed by atoms with Gasteiger partial charge in [-0.15, -0.1) is 11.3 Å². The van der Waals surface area contributed by atoms with Gasteiger partial charge in [-0.1, -0.05) is 219 Å². The van der Waals surface area contributed by atoms with Crippen LogP contribution in [0.2, 0.25) is 0 Å². The standard InChI is InChI=1S/C21H24N2O.C18H24S.C18H38.2CH4/c1-4-5-6-18-15-21(17-9-7-16(2)8-10-17)23(22-18)19-11-13-20(24-3)14-12-19;1-2-3-5-12-17-14-15-18(19-17)13-8-11-16-9-6-4-7-10-16;1-4-5-6-7-8-9-10-11-12-13-14-15-16-17-18(2)3;;/h7-15H,4-6H2,1-3H3;4,6-7,9-10,14-15H,2-3,5,8,11-13H2,1H3;18H,4-17H2,1-3H3;2*1H4. The zero-order valence-corrected chi connectivity index (χ0v) is 40.8. The number of thiophene rings is 1. The first-order valence-corrected chi connectivity index (χ1v) is 25.6. The highest BCUT2D eigenvalue weighted by atomic mass is 32.1. The minimum Gasteiger partial charge on any atom is -0.497 e. The Balaban J connectivity index is 0.000000472. The molecule has 0 aliphatic carbocycles. The average Bonchev–Trinajstić information content (AvgIpc) is 3.93. The summed E-state index contributed by atoms with van der Waals surface area (Å²) in [5.74, 6) is 1.76. The summed E-state index contributed by atoms with van der Waals surface area (Å²) in [6, 6.07) is 34.3. The monoisotopic (exact) mass is 879 g/mol. The van der Waals surface area contributed by atoms with Gasteiger partial charge in [0.2, 0.25) is 0 Å². The molecule has 0 bridgehead atoms. The molecule has 0 radical (unpaired) electrons. The third-order valence-electron chi connectivity index (χ3n) is 11.6. The molecule has 0 N–H and O–H groups in total. The first kappa shape index (κ1) is 57.4. The molecule has 0 saturated heterocycles. The summed E-state index contributed by atoms with van der Waals surface area (Å²) >= 11 is 2.02. The Morgan fingerprint density at radius 3 is 1.60 bits per heavy atom. The number of aromatic nitrogens is 2. The lowest BCUT2D eigenvalue weighted by Crippen LogP contribution is -2.00. The fourth-order valence-electron chi connectivity index (χ4n) is 7.68. The Labute approximate surface area is 393 Å². The Bertz CT molecular complexity index is 1750. The van der Waals surface area contributed by atoms with Crippen molar-refractivity contribution in [3.8, 4) is 22.7 Å². The highest BCUT2D eigenvalue weighted by molar-refractivity contribution is 7.11. The molecule has 2 aromatic heterocycles. The van der Waals surface area contributed by atoms with Crippen molar-refractivity contribution in [2.24, 2.45) is 5.92 Å². The highest BCUT2D eigenvalue weighted by Crippen LogP contribution is 2.27. The quantitative estimate of drug-likeness (QED) is 0.0468. The van der Waals surface area contributed by atoms with Crippen LogP contribution in [0.25, 0.3) is 16.9 Å². The third kappa shape index (κ3) is 25.4. The van der Waals surface area contributed by atoms with Gasteiger partial charge in [0.1, 0.15) is 5.75 Å². The number of hydrogen-bond donors (Lipinski definition) is 0. The lowest BCUT2D eigenvalue weighted by molar-refractivity contribution is 0.414. The van der Waals surface area contributed by atoms with Gasteiger partial charge in [-0.25, -0.2) is 4.68 Å². The molecule has 5 rings (SSSR count). The molecule has 63 heavy (non-hydrogen) atoms. The maximum atomic E-state index is 5.26. The van der Waals surface area contributed by atoms with E-state index in [4.69, 9.17) is 9.84 Å². The molecule has 352 valence electrons. The molecule has 0 saturated carbocycles. The second-order valence-corrected chi connectivity index (χ2v) is 18.9. The van der Waals surface area contributed by atoms with Crippen LogP contribution in [0.3, 0.4) is 0 Å². The van der Waals surface area contributed by atoms with Crippen LogP contribution in [0, 0.1) is 12.8 Å². The number of aryl methyl sites for hydroxylation is 5. The Morgan fingerprint density at radius 1 is 0.540 bits per heavy atom. The lowest BCUT2D eigenvalue weighted by atomic mass is 10.0. The summed E-state index contributed by atoms with van der Waals surface area (Å²) in [6.45, 7) is 13.5. The van der Waals surface area contributed by atoms with Gasteiger partial charge in [0.05, 0.1) is 24.2 Å². The van der Waals surface area contributed by atoms with E-state index in [1.165, 1.54) is 158 Å². The van der Waals surface area contributed by atoms with Gasteiger partial charge in [0, 0.05) is 15.3 Å². The third-order valence-corrected chi connectivity index (χ3v) is 12.8. The fourth-order valence-corrected chi connectivity index (χ4v) is 8.78. The van der Waals surface area contributed by atoms with E-state index < -0.39 is 0 Å². The van der Waals surface area contributed by atoms with Crippen molar-refractivity contribution >= 4 is 11.3 Å². The minimum atomic E-state index is 0. The van der Waals surface area contributed by atoms with Crippen LogP contribution in [-0.2, 0) is 25.7 Å². The number of nitrogens with zero attached hydrogens (tertiary/aromatic N) is 2. The predicted molar refractivity (Wildman–Crippen MR) is 284 cm³/mol. The summed E-state index contributed by atoms with van der Waals surface area (Å²) in [5.41, 5.74) is 7.23. The Hall–Kier alpha value is -3.63.